The van der Waals surface area contributed by atoms with Crippen LogP contribution in [0.5, 0.6) is 0 Å². The molecule has 10 nitrogen and oxygen atoms in total. The summed E-state index contributed by atoms with van der Waals surface area (Å²) in [5.74, 6) is -2.44. The fraction of sp³-hybridized carbons (Fsp3) is 0.375. The van der Waals surface area contributed by atoms with E-state index in [9.17, 15) is 28.3 Å². The number of carbonyl (C=O) groups excluding carboxylic acids is 2. The van der Waals surface area contributed by atoms with Crippen LogP contribution in [0.15, 0.2) is 48.7 Å². The van der Waals surface area contributed by atoms with Crippen molar-refractivity contribution in [1.82, 2.24) is 9.88 Å². The molecule has 2 bridgehead atoms. The maximum absolute atomic E-state index is 14.7. The predicted molar refractivity (Wildman–Crippen MR) is 163 cm³/mol. The highest BCUT2D eigenvalue weighted by atomic mass is 35.5. The number of cyclic esters (lactones) is 1. The largest absolute Gasteiger partial charge is 0.465 e. The Labute approximate surface area is 263 Å². The number of hydrogen-bond donors (Lipinski definition) is 2. The molecular weight excluding hydrogens is 610 g/mol. The van der Waals surface area contributed by atoms with Crippen molar-refractivity contribution < 1.29 is 37.7 Å². The number of fused-ring (bicyclic) bond motifs is 4. The normalized spacial score (nSPS) is 20.3. The van der Waals surface area contributed by atoms with E-state index in [1.165, 1.54) is 12.0 Å². The molecule has 238 valence electrons. The first-order valence-corrected chi connectivity index (χ1v) is 15.0. The Morgan fingerprint density at radius 2 is 1.98 bits per heavy atom. The molecule has 0 unspecified atom stereocenters. The van der Waals surface area contributed by atoms with Crippen molar-refractivity contribution in [2.24, 2.45) is 5.92 Å². The molecule has 0 saturated carbocycles. The van der Waals surface area contributed by atoms with Gasteiger partial charge in [0.1, 0.15) is 11.9 Å². The lowest BCUT2D eigenvalue weighted by molar-refractivity contribution is -0.119. The van der Waals surface area contributed by atoms with E-state index in [2.05, 4.69) is 10.3 Å². The average molecular weight is 643 g/mol. The van der Waals surface area contributed by atoms with Crippen LogP contribution in [0.25, 0.3) is 11.3 Å². The number of ether oxygens (including phenoxy) is 2. The number of rotatable bonds is 6. The number of pyridine rings is 1. The molecule has 0 radical (unpaired) electrons. The van der Waals surface area contributed by atoms with Crippen molar-refractivity contribution in [3.63, 3.8) is 0 Å². The number of amides is 3. The summed E-state index contributed by atoms with van der Waals surface area (Å²) in [6.45, 7) is 2.24. The molecule has 13 heteroatoms. The minimum Gasteiger partial charge on any atom is -0.465 e. The second-order valence-electron chi connectivity index (χ2n) is 11.1. The molecule has 5 rings (SSSR count). The van der Waals surface area contributed by atoms with Gasteiger partial charge in [0, 0.05) is 43.4 Å². The molecule has 2 aromatic carbocycles. The summed E-state index contributed by atoms with van der Waals surface area (Å²) in [7, 11) is 1.48. The molecule has 1 aromatic heterocycles. The van der Waals surface area contributed by atoms with Gasteiger partial charge in [-0.15, -0.1) is 0 Å². The zero-order chi connectivity index (χ0) is 32.2. The zero-order valence-corrected chi connectivity index (χ0v) is 25.5. The number of nitrogens with one attached hydrogen (secondary N) is 1. The van der Waals surface area contributed by atoms with Crippen LogP contribution >= 0.6 is 11.6 Å². The first kappa shape index (κ1) is 32.1. The minimum absolute atomic E-state index is 0.0910. The molecule has 2 aliphatic heterocycles. The second kappa shape index (κ2) is 13.8. The van der Waals surface area contributed by atoms with Crippen LogP contribution in [0, 0.1) is 17.6 Å². The van der Waals surface area contributed by atoms with Gasteiger partial charge in [-0.25, -0.2) is 18.4 Å². The molecule has 3 atom stereocenters. The quantitative estimate of drug-likeness (QED) is 0.273. The van der Waals surface area contributed by atoms with E-state index in [1.54, 1.807) is 37.4 Å². The van der Waals surface area contributed by atoms with Crippen LogP contribution in [0.2, 0.25) is 5.02 Å². The highest BCUT2D eigenvalue weighted by Gasteiger charge is 2.37. The maximum Gasteiger partial charge on any atom is 0.411 e. The van der Waals surface area contributed by atoms with Gasteiger partial charge in [-0.05, 0) is 60.9 Å². The average Bonchev–Trinajstić information content (AvgIpc) is 3.01. The third-order valence-electron chi connectivity index (χ3n) is 8.22. The lowest BCUT2D eigenvalue weighted by Gasteiger charge is -2.38. The van der Waals surface area contributed by atoms with E-state index in [4.69, 9.17) is 21.1 Å². The summed E-state index contributed by atoms with van der Waals surface area (Å²) in [6, 6.07) is 10.2. The number of hydrogen-bond acceptors (Lipinski definition) is 6. The van der Waals surface area contributed by atoms with Crippen LogP contribution in [0.1, 0.15) is 55.9 Å². The van der Waals surface area contributed by atoms with Gasteiger partial charge in [-0.2, -0.15) is 0 Å². The number of nitrogens with zero attached hydrogens (tertiary/aromatic N) is 3. The Balaban J connectivity index is 1.49. The zero-order valence-electron chi connectivity index (χ0n) is 24.8. The lowest BCUT2D eigenvalue weighted by atomic mass is 9.93. The lowest BCUT2D eigenvalue weighted by Crippen LogP contribution is -2.42. The van der Waals surface area contributed by atoms with Gasteiger partial charge in [-0.3, -0.25) is 14.7 Å². The summed E-state index contributed by atoms with van der Waals surface area (Å²) < 4.78 is 39.9. The third-order valence-corrected chi connectivity index (χ3v) is 8.51. The van der Waals surface area contributed by atoms with Crippen molar-refractivity contribution in [2.75, 3.05) is 37.0 Å². The van der Waals surface area contributed by atoms with Gasteiger partial charge in [0.15, 0.2) is 5.82 Å². The summed E-state index contributed by atoms with van der Waals surface area (Å²) in [5.41, 5.74) is 2.19. The molecule has 3 aromatic rings. The van der Waals surface area contributed by atoms with Crippen LogP contribution in [0.3, 0.4) is 0 Å². The molecule has 3 heterocycles. The summed E-state index contributed by atoms with van der Waals surface area (Å²) in [6.07, 6.45) is 0.309. The van der Waals surface area contributed by atoms with Gasteiger partial charge in [0.25, 0.3) is 0 Å². The predicted octanol–water partition coefficient (Wildman–Crippen LogP) is 7.19. The number of carboxylic acid groups (broad SMARTS) is 1. The number of aromatic nitrogens is 1. The second-order valence-corrected chi connectivity index (χ2v) is 11.5. The van der Waals surface area contributed by atoms with Crippen molar-refractivity contribution in [1.29, 1.82) is 0 Å². The summed E-state index contributed by atoms with van der Waals surface area (Å²) in [4.78, 5) is 45.8. The van der Waals surface area contributed by atoms with Crippen molar-refractivity contribution in [3.05, 3.63) is 76.4 Å². The molecular formula is C32H33ClF2N4O6. The van der Waals surface area contributed by atoms with Gasteiger partial charge in [-0.1, -0.05) is 24.9 Å². The first-order chi connectivity index (χ1) is 21.6. The Bertz CT molecular complexity index is 1610. The maximum atomic E-state index is 14.7. The third kappa shape index (κ3) is 6.86. The van der Waals surface area contributed by atoms with Crippen LogP contribution in [-0.4, -0.2) is 59.9 Å². The van der Waals surface area contributed by atoms with E-state index in [0.717, 1.165) is 22.6 Å². The molecule has 3 amide bonds. The number of benzene rings is 2. The minimum atomic E-state index is -1.17. The molecule has 1 saturated heterocycles. The fourth-order valence-electron chi connectivity index (χ4n) is 5.77. The van der Waals surface area contributed by atoms with Crippen LogP contribution in [0.4, 0.5) is 29.7 Å². The van der Waals surface area contributed by atoms with Gasteiger partial charge >= 0.3 is 12.2 Å². The van der Waals surface area contributed by atoms with Gasteiger partial charge < -0.3 is 24.8 Å². The molecule has 2 N–H and O–H groups in total. The number of carbonyl (C=O) groups is 3. The molecule has 2 aliphatic rings. The highest BCUT2D eigenvalue weighted by Crippen LogP contribution is 2.39. The van der Waals surface area contributed by atoms with Gasteiger partial charge in [0.2, 0.25) is 5.91 Å². The van der Waals surface area contributed by atoms with E-state index in [1.807, 2.05) is 6.07 Å². The highest BCUT2D eigenvalue weighted by molar-refractivity contribution is 6.30. The fourth-order valence-corrected chi connectivity index (χ4v) is 5.94. The van der Waals surface area contributed by atoms with Crippen molar-refractivity contribution >= 4 is 41.1 Å². The topological polar surface area (TPSA) is 121 Å². The number of methoxy groups -OCH3 is 1. The van der Waals surface area contributed by atoms with E-state index in [0.29, 0.717) is 41.9 Å². The standard InChI is InChI=1S/C32H33ClF2N4O6/c1-18-4-3-5-26(39-13-11-27(45-32(39)43)28-23(34)9-8-22(33)29(28)35)19-10-12-36-24(16-19)21-7-6-20(17-25(21)37-30(18)40)38(31(41)42)14-15-44-2/h6-10,12,16-18,26-27H,3-5,11,13-15H2,1-2H3,(H,37,40)(H,41,42)/t18-,26+,27-/m1/s1. The monoisotopic (exact) mass is 642 g/mol. The molecule has 45 heavy (non-hydrogen) atoms. The van der Waals surface area contributed by atoms with Crippen molar-refractivity contribution in [3.8, 4) is 11.3 Å². The van der Waals surface area contributed by atoms with Crippen LogP contribution in [-0.2, 0) is 14.3 Å². The Hall–Kier alpha value is -4.29. The van der Waals surface area contributed by atoms with E-state index >= 15 is 0 Å². The molecule has 0 aliphatic carbocycles. The smallest absolute Gasteiger partial charge is 0.411 e. The van der Waals surface area contributed by atoms with Crippen LogP contribution < -0.4 is 10.2 Å². The SMILES string of the molecule is COCCN(C(=O)O)c1ccc2c(c1)NC(=O)[C@H](C)CCC[C@H](N1CC[C@H](c3c(F)ccc(Cl)c3F)OC1=O)c1ccnc-2c1. The number of anilines is 2. The molecule has 0 spiro atoms. The first-order valence-electron chi connectivity index (χ1n) is 14.6. The number of halogens is 3. The van der Waals surface area contributed by atoms with E-state index in [-0.39, 0.29) is 42.6 Å². The van der Waals surface area contributed by atoms with Crippen molar-refractivity contribution in [2.45, 2.75) is 44.8 Å². The van der Waals surface area contributed by atoms with Gasteiger partial charge in [0.05, 0.1) is 41.2 Å². The summed E-state index contributed by atoms with van der Waals surface area (Å²) >= 11 is 5.87. The Morgan fingerprint density at radius 1 is 1.18 bits per heavy atom. The Kier molecular flexibility index (Phi) is 9.83. The van der Waals surface area contributed by atoms with E-state index < -0.39 is 41.9 Å². The Morgan fingerprint density at radius 3 is 2.71 bits per heavy atom. The summed E-state index contributed by atoms with van der Waals surface area (Å²) in [5, 5.41) is 12.5. The molecule has 1 fully saturated rings.